The highest BCUT2D eigenvalue weighted by Crippen LogP contribution is 2.11. The number of rotatable bonds is 21. The minimum absolute atomic E-state index is 0.0433. The van der Waals surface area contributed by atoms with Crippen molar-refractivity contribution in [2.45, 2.75) is 129 Å². The molecule has 0 atom stereocenters. The molecular weight excluding hydrogens is 352 g/mol. The molecule has 0 heterocycles. The highest BCUT2D eigenvalue weighted by atomic mass is 16.5. The van der Waals surface area contributed by atoms with Crippen LogP contribution < -0.4 is 0 Å². The summed E-state index contributed by atoms with van der Waals surface area (Å²) >= 11 is 0. The van der Waals surface area contributed by atoms with Gasteiger partial charge in [0.25, 0.3) is 0 Å². The van der Waals surface area contributed by atoms with Gasteiger partial charge < -0.3 is 9.47 Å². The van der Waals surface area contributed by atoms with Crippen molar-refractivity contribution >= 4 is 11.9 Å². The van der Waals surface area contributed by atoms with Gasteiger partial charge in [-0.2, -0.15) is 0 Å². The van der Waals surface area contributed by atoms with Gasteiger partial charge in [0, 0.05) is 12.8 Å². The molecule has 0 aliphatic carbocycles. The minimum Gasteiger partial charge on any atom is -0.466 e. The number of carbonyl (C=O) groups is 2. The van der Waals surface area contributed by atoms with Crippen LogP contribution in [0.15, 0.2) is 0 Å². The van der Waals surface area contributed by atoms with Crippen molar-refractivity contribution in [2.24, 2.45) is 0 Å². The predicted molar refractivity (Wildman–Crippen MR) is 116 cm³/mol. The summed E-state index contributed by atoms with van der Waals surface area (Å²) in [5, 5.41) is 0. The second kappa shape index (κ2) is 22.2. The van der Waals surface area contributed by atoms with Crippen LogP contribution >= 0.6 is 0 Å². The smallest absolute Gasteiger partial charge is 0.305 e. The zero-order valence-electron chi connectivity index (χ0n) is 18.8. The molecule has 0 aromatic heterocycles. The Balaban J connectivity index is 3.20. The van der Waals surface area contributed by atoms with Crippen molar-refractivity contribution in [1.29, 1.82) is 0 Å². The van der Waals surface area contributed by atoms with Crippen molar-refractivity contribution in [1.82, 2.24) is 0 Å². The Morgan fingerprint density at radius 1 is 0.500 bits per heavy atom. The highest BCUT2D eigenvalue weighted by molar-refractivity contribution is 5.69. The fourth-order valence-electron chi connectivity index (χ4n) is 3.33. The summed E-state index contributed by atoms with van der Waals surface area (Å²) in [6.07, 6.45) is 20.2. The maximum atomic E-state index is 11.7. The van der Waals surface area contributed by atoms with E-state index in [9.17, 15) is 9.59 Å². The maximum Gasteiger partial charge on any atom is 0.305 e. The van der Waals surface area contributed by atoms with Gasteiger partial charge in [-0.15, -0.1) is 0 Å². The number of ether oxygens (including phenoxy) is 2. The van der Waals surface area contributed by atoms with Gasteiger partial charge in [-0.25, -0.2) is 0 Å². The Morgan fingerprint density at radius 2 is 0.893 bits per heavy atom. The summed E-state index contributed by atoms with van der Waals surface area (Å²) in [7, 11) is 0. The number of hydrogen-bond donors (Lipinski definition) is 0. The number of esters is 2. The SMILES string of the molecule is CCCCCCCCCCCCOC(=O)CCCCCCCCC(=O)OCC. The molecule has 0 N–H and O–H groups in total. The molecule has 4 nitrogen and oxygen atoms in total. The first-order valence-electron chi connectivity index (χ1n) is 12.0. The lowest BCUT2D eigenvalue weighted by atomic mass is 10.1. The highest BCUT2D eigenvalue weighted by Gasteiger charge is 2.03. The van der Waals surface area contributed by atoms with E-state index in [2.05, 4.69) is 6.92 Å². The van der Waals surface area contributed by atoms with Crippen molar-refractivity contribution in [2.75, 3.05) is 13.2 Å². The van der Waals surface area contributed by atoms with E-state index in [1.165, 1.54) is 57.8 Å². The van der Waals surface area contributed by atoms with Crippen LogP contribution in [-0.4, -0.2) is 25.2 Å². The molecule has 0 amide bonds. The average molecular weight is 399 g/mol. The molecule has 0 rings (SSSR count). The predicted octanol–water partition coefficient (Wildman–Crippen LogP) is 7.13. The molecule has 0 unspecified atom stereocenters. The zero-order valence-corrected chi connectivity index (χ0v) is 18.8. The van der Waals surface area contributed by atoms with Gasteiger partial charge in [-0.1, -0.05) is 90.4 Å². The molecular formula is C24H46O4. The van der Waals surface area contributed by atoms with Gasteiger partial charge in [0.05, 0.1) is 13.2 Å². The van der Waals surface area contributed by atoms with Crippen molar-refractivity contribution in [3.05, 3.63) is 0 Å². The zero-order chi connectivity index (χ0) is 20.7. The first kappa shape index (κ1) is 26.9. The molecule has 0 radical (unpaired) electrons. The fourth-order valence-corrected chi connectivity index (χ4v) is 3.33. The summed E-state index contributed by atoms with van der Waals surface area (Å²) in [4.78, 5) is 22.9. The Morgan fingerprint density at radius 3 is 1.36 bits per heavy atom. The summed E-state index contributed by atoms with van der Waals surface area (Å²) < 4.78 is 10.2. The van der Waals surface area contributed by atoms with Crippen LogP contribution in [0.4, 0.5) is 0 Å². The lowest BCUT2D eigenvalue weighted by molar-refractivity contribution is -0.144. The topological polar surface area (TPSA) is 52.6 Å². The van der Waals surface area contributed by atoms with Gasteiger partial charge in [-0.3, -0.25) is 9.59 Å². The van der Waals surface area contributed by atoms with Crippen LogP contribution in [0.5, 0.6) is 0 Å². The summed E-state index contributed by atoms with van der Waals surface area (Å²) in [5.41, 5.74) is 0. The quantitative estimate of drug-likeness (QED) is 0.152. The second-order valence-electron chi connectivity index (χ2n) is 7.83. The summed E-state index contributed by atoms with van der Waals surface area (Å²) in [5.74, 6) is -0.133. The van der Waals surface area contributed by atoms with Crippen LogP contribution in [0, 0.1) is 0 Å². The second-order valence-corrected chi connectivity index (χ2v) is 7.83. The molecule has 28 heavy (non-hydrogen) atoms. The normalized spacial score (nSPS) is 10.8. The van der Waals surface area contributed by atoms with Crippen LogP contribution in [0.2, 0.25) is 0 Å². The Bertz CT molecular complexity index is 355. The lowest BCUT2D eigenvalue weighted by Crippen LogP contribution is -2.05. The number of unbranched alkanes of at least 4 members (excludes halogenated alkanes) is 14. The van der Waals surface area contributed by atoms with Gasteiger partial charge in [0.15, 0.2) is 0 Å². The molecule has 166 valence electrons. The van der Waals surface area contributed by atoms with E-state index >= 15 is 0 Å². The van der Waals surface area contributed by atoms with Crippen molar-refractivity contribution < 1.29 is 19.1 Å². The third-order valence-corrected chi connectivity index (χ3v) is 5.08. The largest absolute Gasteiger partial charge is 0.466 e. The third kappa shape index (κ3) is 21.2. The van der Waals surface area contributed by atoms with Crippen LogP contribution in [-0.2, 0) is 19.1 Å². The molecule has 0 aliphatic rings. The van der Waals surface area contributed by atoms with E-state index in [0.29, 0.717) is 26.1 Å². The standard InChI is InChI=1S/C24H46O4/c1-3-5-6-7-8-9-10-13-16-19-22-28-24(26)21-18-15-12-11-14-17-20-23(25)27-4-2/h3-22H2,1-2H3. The van der Waals surface area contributed by atoms with Crippen LogP contribution in [0.3, 0.4) is 0 Å². The van der Waals surface area contributed by atoms with E-state index in [4.69, 9.17) is 9.47 Å². The number of carbonyl (C=O) groups excluding carboxylic acids is 2. The monoisotopic (exact) mass is 398 g/mol. The maximum absolute atomic E-state index is 11.7. The average Bonchev–Trinajstić information content (AvgIpc) is 2.68. The van der Waals surface area contributed by atoms with Gasteiger partial charge >= 0.3 is 11.9 Å². The molecule has 0 bridgehead atoms. The van der Waals surface area contributed by atoms with Gasteiger partial charge in [0.1, 0.15) is 0 Å². The molecule has 4 heteroatoms. The first-order valence-corrected chi connectivity index (χ1v) is 12.0. The van der Waals surface area contributed by atoms with Crippen molar-refractivity contribution in [3.63, 3.8) is 0 Å². The van der Waals surface area contributed by atoms with E-state index in [1.807, 2.05) is 6.92 Å². The Kier molecular flexibility index (Phi) is 21.4. The van der Waals surface area contributed by atoms with Crippen LogP contribution in [0.25, 0.3) is 0 Å². The van der Waals surface area contributed by atoms with Gasteiger partial charge in [-0.05, 0) is 26.2 Å². The molecule has 0 spiro atoms. The van der Waals surface area contributed by atoms with Gasteiger partial charge in [0.2, 0.25) is 0 Å². The lowest BCUT2D eigenvalue weighted by Gasteiger charge is -2.05. The molecule has 0 aromatic carbocycles. The van der Waals surface area contributed by atoms with E-state index < -0.39 is 0 Å². The molecule has 0 aliphatic heterocycles. The molecule has 0 fully saturated rings. The Labute approximate surface area is 174 Å². The van der Waals surface area contributed by atoms with Crippen molar-refractivity contribution in [3.8, 4) is 0 Å². The third-order valence-electron chi connectivity index (χ3n) is 5.08. The molecule has 0 aromatic rings. The van der Waals surface area contributed by atoms with E-state index in [-0.39, 0.29) is 11.9 Å². The Hall–Kier alpha value is -1.06. The summed E-state index contributed by atoms with van der Waals surface area (Å²) in [6, 6.07) is 0. The van der Waals surface area contributed by atoms with E-state index in [1.54, 1.807) is 0 Å². The minimum atomic E-state index is -0.0901. The molecule has 0 saturated heterocycles. The first-order chi connectivity index (χ1) is 13.7. The summed E-state index contributed by atoms with van der Waals surface area (Å²) in [6.45, 7) is 5.14. The number of hydrogen-bond acceptors (Lipinski definition) is 4. The fraction of sp³-hybridized carbons (Fsp3) is 0.917. The molecule has 0 saturated carbocycles. The van der Waals surface area contributed by atoms with E-state index in [0.717, 1.165) is 44.9 Å². The van der Waals surface area contributed by atoms with Crippen LogP contribution in [0.1, 0.15) is 129 Å².